The third kappa shape index (κ3) is 10.6. The third-order valence-electron chi connectivity index (χ3n) is 13.1. The number of rotatable bonds is 14. The topological polar surface area (TPSA) is 24.9 Å². The van der Waals surface area contributed by atoms with Crippen LogP contribution in [0.4, 0.5) is 34.1 Å². The van der Waals surface area contributed by atoms with Gasteiger partial charge in [0.2, 0.25) is 0 Å². The summed E-state index contributed by atoms with van der Waals surface area (Å²) in [7, 11) is 0. The van der Waals surface area contributed by atoms with Crippen molar-refractivity contribution in [3.63, 3.8) is 0 Å². The number of fused-ring (bicyclic) bond motifs is 1. The van der Waals surface area contributed by atoms with Crippen LogP contribution >= 0.6 is 0 Å². The van der Waals surface area contributed by atoms with Crippen LogP contribution in [0.5, 0.6) is 11.5 Å². The van der Waals surface area contributed by atoms with Gasteiger partial charge < -0.3 is 19.3 Å². The Morgan fingerprint density at radius 1 is 0.303 bits per heavy atom. The molecule has 0 bridgehead atoms. The summed E-state index contributed by atoms with van der Waals surface area (Å²) in [6, 6.07) is 69.3. The van der Waals surface area contributed by atoms with Crippen molar-refractivity contribution >= 4 is 69.2 Å². The Kier molecular flexibility index (Phi) is 13.4. The maximum Gasteiger partial charge on any atom is 0.119 e. The number of ether oxygens (including phenoxy) is 2. The summed E-state index contributed by atoms with van der Waals surface area (Å²) in [6.45, 7) is 0. The molecule has 66 heavy (non-hydrogen) atoms. The SMILES string of the molecule is C(=Cc1ccc2cc(C=Cc3ccc(N(c4ccccc4)c4ccc(OC5CCCCC5)cc4)cc3)ccc2c1)c1ccc(N(c2ccccc2)c2ccc(OC3CCCCC3)cc2)cc1. The highest BCUT2D eigenvalue weighted by Crippen LogP contribution is 2.38. The standard InChI is InChI=1S/C62H58N2O2/c1-5-13-53(14-6-1)63(57-37-41-61(42-38-57)65-59-17-9-3-10-18-59)55-33-27-47(28-34-55)21-23-49-25-31-52-46-50(26-32-51(52)45-49)24-22-48-29-35-56(36-30-48)64(54-15-7-2-8-16-54)58-39-43-62(44-40-58)66-60-19-11-4-12-20-60/h1-2,5-8,13-16,21-46,59-60H,3-4,9-12,17-20H2. The number of benzene rings is 8. The zero-order chi connectivity index (χ0) is 44.3. The minimum absolute atomic E-state index is 0.336. The van der Waals surface area contributed by atoms with E-state index in [1.54, 1.807) is 0 Å². The largest absolute Gasteiger partial charge is 0.490 e. The van der Waals surface area contributed by atoms with Crippen LogP contribution in [-0.4, -0.2) is 12.2 Å². The van der Waals surface area contributed by atoms with Crippen molar-refractivity contribution in [1.29, 1.82) is 0 Å². The summed E-state index contributed by atoms with van der Waals surface area (Å²) in [5, 5.41) is 2.44. The van der Waals surface area contributed by atoms with E-state index in [-0.39, 0.29) is 0 Å². The fourth-order valence-corrected chi connectivity index (χ4v) is 9.49. The average Bonchev–Trinajstić information content (AvgIpc) is 3.38. The minimum Gasteiger partial charge on any atom is -0.490 e. The average molecular weight is 863 g/mol. The molecule has 0 N–H and O–H groups in total. The molecular formula is C62H58N2O2. The van der Waals surface area contributed by atoms with Crippen LogP contribution in [0.25, 0.3) is 35.1 Å². The van der Waals surface area contributed by atoms with Gasteiger partial charge in [0.25, 0.3) is 0 Å². The molecule has 0 aromatic heterocycles. The van der Waals surface area contributed by atoms with Crippen LogP contribution in [0.1, 0.15) is 86.5 Å². The van der Waals surface area contributed by atoms with Crippen LogP contribution in [-0.2, 0) is 0 Å². The molecule has 2 saturated carbocycles. The van der Waals surface area contributed by atoms with E-state index in [1.165, 1.54) is 60.4 Å². The van der Waals surface area contributed by atoms with Crippen molar-refractivity contribution in [2.45, 2.75) is 76.4 Å². The van der Waals surface area contributed by atoms with Crippen molar-refractivity contribution in [2.24, 2.45) is 0 Å². The van der Waals surface area contributed by atoms with Gasteiger partial charge in [0, 0.05) is 34.1 Å². The fraction of sp³-hybridized carbons (Fsp3) is 0.194. The van der Waals surface area contributed by atoms with Gasteiger partial charge >= 0.3 is 0 Å². The van der Waals surface area contributed by atoms with Gasteiger partial charge in [-0.05, 0) is 194 Å². The number of hydrogen-bond donors (Lipinski definition) is 0. The summed E-state index contributed by atoms with van der Waals surface area (Å²) in [5.41, 5.74) is 11.3. The van der Waals surface area contributed by atoms with Crippen molar-refractivity contribution in [3.05, 3.63) is 216 Å². The summed E-state index contributed by atoms with van der Waals surface area (Å²) in [4.78, 5) is 4.60. The van der Waals surface area contributed by atoms with Gasteiger partial charge in [-0.1, -0.05) is 122 Å². The molecule has 0 aliphatic heterocycles. The van der Waals surface area contributed by atoms with E-state index in [0.717, 1.165) is 82.4 Å². The molecule has 2 aliphatic carbocycles. The molecule has 10 rings (SSSR count). The second-order valence-electron chi connectivity index (χ2n) is 17.8. The first-order valence-electron chi connectivity index (χ1n) is 24.0. The van der Waals surface area contributed by atoms with E-state index in [1.807, 2.05) is 0 Å². The molecule has 0 spiro atoms. The van der Waals surface area contributed by atoms with Crippen LogP contribution in [0, 0.1) is 0 Å². The van der Waals surface area contributed by atoms with E-state index in [2.05, 4.69) is 228 Å². The van der Waals surface area contributed by atoms with Crippen molar-refractivity contribution < 1.29 is 9.47 Å². The van der Waals surface area contributed by atoms with Crippen molar-refractivity contribution in [1.82, 2.24) is 0 Å². The van der Waals surface area contributed by atoms with Gasteiger partial charge in [-0.15, -0.1) is 0 Å². The quantitative estimate of drug-likeness (QED) is 0.102. The molecule has 0 heterocycles. The molecular weight excluding hydrogens is 805 g/mol. The number of nitrogens with zero attached hydrogens (tertiary/aromatic N) is 2. The Morgan fingerprint density at radius 2 is 0.606 bits per heavy atom. The first-order chi connectivity index (χ1) is 32.7. The molecule has 0 amide bonds. The number of hydrogen-bond acceptors (Lipinski definition) is 4. The molecule has 8 aromatic rings. The molecule has 0 radical (unpaired) electrons. The first kappa shape index (κ1) is 42.6. The second kappa shape index (κ2) is 20.7. The molecule has 4 heteroatoms. The van der Waals surface area contributed by atoms with Crippen LogP contribution in [0.15, 0.2) is 194 Å². The Hall–Kier alpha value is -7.30. The van der Waals surface area contributed by atoms with Crippen molar-refractivity contribution in [2.75, 3.05) is 9.80 Å². The third-order valence-corrected chi connectivity index (χ3v) is 13.1. The second-order valence-corrected chi connectivity index (χ2v) is 17.8. The minimum atomic E-state index is 0.336. The van der Waals surface area contributed by atoms with E-state index >= 15 is 0 Å². The zero-order valence-electron chi connectivity index (χ0n) is 37.7. The van der Waals surface area contributed by atoms with Gasteiger partial charge in [0.1, 0.15) is 11.5 Å². The fourth-order valence-electron chi connectivity index (χ4n) is 9.49. The van der Waals surface area contributed by atoms with Gasteiger partial charge in [0.15, 0.2) is 0 Å². The highest BCUT2D eigenvalue weighted by molar-refractivity contribution is 5.89. The van der Waals surface area contributed by atoms with Gasteiger partial charge in [0.05, 0.1) is 12.2 Å². The lowest BCUT2D eigenvalue weighted by Crippen LogP contribution is -2.19. The maximum absolute atomic E-state index is 6.35. The normalized spacial score (nSPS) is 14.7. The van der Waals surface area contributed by atoms with E-state index in [9.17, 15) is 0 Å². The Morgan fingerprint density at radius 3 is 0.970 bits per heavy atom. The van der Waals surface area contributed by atoms with E-state index in [0.29, 0.717) is 12.2 Å². The highest BCUT2D eigenvalue weighted by atomic mass is 16.5. The van der Waals surface area contributed by atoms with Crippen LogP contribution < -0.4 is 19.3 Å². The first-order valence-corrected chi connectivity index (χ1v) is 24.0. The van der Waals surface area contributed by atoms with E-state index < -0.39 is 0 Å². The zero-order valence-corrected chi connectivity index (χ0v) is 37.7. The lowest BCUT2D eigenvalue weighted by atomic mass is 9.98. The van der Waals surface area contributed by atoms with Gasteiger partial charge in [-0.25, -0.2) is 0 Å². The van der Waals surface area contributed by atoms with Gasteiger partial charge in [-0.2, -0.15) is 0 Å². The summed E-state index contributed by atoms with van der Waals surface area (Å²) in [5.74, 6) is 1.90. The molecule has 2 aliphatic rings. The lowest BCUT2D eigenvalue weighted by Gasteiger charge is -2.26. The van der Waals surface area contributed by atoms with Crippen molar-refractivity contribution in [3.8, 4) is 11.5 Å². The van der Waals surface area contributed by atoms with Crippen LogP contribution in [0.3, 0.4) is 0 Å². The molecule has 0 atom stereocenters. The summed E-state index contributed by atoms with van der Waals surface area (Å²) in [6.07, 6.45) is 21.8. The molecule has 4 nitrogen and oxygen atoms in total. The van der Waals surface area contributed by atoms with E-state index in [4.69, 9.17) is 9.47 Å². The summed E-state index contributed by atoms with van der Waals surface area (Å²) < 4.78 is 12.7. The van der Waals surface area contributed by atoms with Crippen LogP contribution in [0.2, 0.25) is 0 Å². The smallest absolute Gasteiger partial charge is 0.119 e. The molecule has 2 fully saturated rings. The predicted octanol–water partition coefficient (Wildman–Crippen LogP) is 17.5. The predicted molar refractivity (Wildman–Crippen MR) is 279 cm³/mol. The Balaban J connectivity index is 0.792. The highest BCUT2D eigenvalue weighted by Gasteiger charge is 2.18. The number of anilines is 6. The molecule has 328 valence electrons. The Bertz CT molecular complexity index is 2640. The molecule has 0 unspecified atom stereocenters. The van der Waals surface area contributed by atoms with Gasteiger partial charge in [-0.3, -0.25) is 0 Å². The summed E-state index contributed by atoms with van der Waals surface area (Å²) >= 11 is 0. The lowest BCUT2D eigenvalue weighted by molar-refractivity contribution is 0.155. The number of para-hydroxylation sites is 2. The monoisotopic (exact) mass is 862 g/mol. The molecule has 0 saturated heterocycles. The maximum atomic E-state index is 6.35. The molecule has 8 aromatic carbocycles. The Labute approximate surface area is 391 Å².